The highest BCUT2D eigenvalue weighted by Crippen LogP contribution is 2.31. The Morgan fingerprint density at radius 1 is 1.00 bits per heavy atom. The van der Waals surface area contributed by atoms with Gasteiger partial charge < -0.3 is 14.8 Å². The van der Waals surface area contributed by atoms with Crippen molar-refractivity contribution < 1.29 is 22.7 Å². The number of sulfonamides is 1. The van der Waals surface area contributed by atoms with Crippen LogP contribution in [-0.2, 0) is 14.8 Å². The molecule has 1 heterocycles. The van der Waals surface area contributed by atoms with E-state index in [0.29, 0.717) is 31.1 Å². The minimum Gasteiger partial charge on any atom is -0.492 e. The van der Waals surface area contributed by atoms with Crippen molar-refractivity contribution in [2.45, 2.75) is 44.9 Å². The summed E-state index contributed by atoms with van der Waals surface area (Å²) in [5, 5.41) is 2.72. The summed E-state index contributed by atoms with van der Waals surface area (Å²) in [6, 6.07) is 10.3. The number of aryl methyl sites for hydroxylation is 2. The van der Waals surface area contributed by atoms with E-state index in [1.165, 1.54) is 10.4 Å². The molecule has 0 saturated carbocycles. The van der Waals surface area contributed by atoms with Crippen molar-refractivity contribution in [3.8, 4) is 11.5 Å². The van der Waals surface area contributed by atoms with Crippen molar-refractivity contribution in [2.75, 3.05) is 31.6 Å². The molecular formula is C23H30N2O5S. The number of anilines is 1. The Labute approximate surface area is 184 Å². The van der Waals surface area contributed by atoms with Crippen LogP contribution >= 0.6 is 0 Å². The molecule has 0 aliphatic carbocycles. The van der Waals surface area contributed by atoms with Gasteiger partial charge in [-0.25, -0.2) is 8.42 Å². The maximum atomic E-state index is 13.2. The van der Waals surface area contributed by atoms with Gasteiger partial charge in [-0.05, 0) is 75.1 Å². The molecule has 2 aromatic rings. The minimum atomic E-state index is -3.71. The van der Waals surface area contributed by atoms with Crippen LogP contribution in [0.4, 0.5) is 5.69 Å². The summed E-state index contributed by atoms with van der Waals surface area (Å²) in [7, 11) is -3.71. The molecule has 31 heavy (non-hydrogen) atoms. The Kier molecular flexibility index (Phi) is 7.56. The first kappa shape index (κ1) is 23.1. The Bertz CT molecular complexity index is 1030. The highest BCUT2D eigenvalue weighted by atomic mass is 32.2. The number of amides is 1. The number of nitrogens with zero attached hydrogens (tertiary/aromatic N) is 1. The molecule has 1 fully saturated rings. The van der Waals surface area contributed by atoms with Crippen molar-refractivity contribution in [2.24, 2.45) is 0 Å². The Balaban J connectivity index is 1.74. The van der Waals surface area contributed by atoms with Crippen molar-refractivity contribution in [3.05, 3.63) is 47.5 Å². The molecule has 1 amide bonds. The van der Waals surface area contributed by atoms with E-state index in [0.717, 1.165) is 30.4 Å². The minimum absolute atomic E-state index is 0.0733. The van der Waals surface area contributed by atoms with Gasteiger partial charge >= 0.3 is 0 Å². The summed E-state index contributed by atoms with van der Waals surface area (Å²) >= 11 is 0. The Morgan fingerprint density at radius 3 is 2.42 bits per heavy atom. The molecule has 7 nitrogen and oxygen atoms in total. The third kappa shape index (κ3) is 5.77. The van der Waals surface area contributed by atoms with Crippen molar-refractivity contribution in [3.63, 3.8) is 0 Å². The SMILES string of the molecule is CCOc1ccc(NC(=O)COc2ccc(C)c(C)c2)cc1S(=O)(=O)N1CCCCC1. The fourth-order valence-electron chi connectivity index (χ4n) is 3.46. The second kappa shape index (κ2) is 10.2. The molecule has 1 aliphatic heterocycles. The number of hydrogen-bond donors (Lipinski definition) is 1. The topological polar surface area (TPSA) is 84.9 Å². The summed E-state index contributed by atoms with van der Waals surface area (Å²) in [5.74, 6) is 0.527. The highest BCUT2D eigenvalue weighted by molar-refractivity contribution is 7.89. The van der Waals surface area contributed by atoms with E-state index in [1.807, 2.05) is 32.0 Å². The Hall–Kier alpha value is -2.58. The van der Waals surface area contributed by atoms with Gasteiger partial charge in [0.15, 0.2) is 6.61 Å². The van der Waals surface area contributed by atoms with Crippen LogP contribution in [0.5, 0.6) is 11.5 Å². The van der Waals surface area contributed by atoms with E-state index in [2.05, 4.69) is 5.32 Å². The summed E-state index contributed by atoms with van der Waals surface area (Å²) in [6.07, 6.45) is 2.71. The average Bonchev–Trinajstić information content (AvgIpc) is 2.76. The monoisotopic (exact) mass is 446 g/mol. The van der Waals surface area contributed by atoms with Gasteiger partial charge in [-0.3, -0.25) is 4.79 Å². The molecule has 0 spiro atoms. The van der Waals surface area contributed by atoms with E-state index < -0.39 is 10.0 Å². The average molecular weight is 447 g/mol. The van der Waals surface area contributed by atoms with Gasteiger partial charge in [0.05, 0.1) is 6.61 Å². The lowest BCUT2D eigenvalue weighted by atomic mass is 10.1. The summed E-state index contributed by atoms with van der Waals surface area (Å²) in [5.41, 5.74) is 2.61. The van der Waals surface area contributed by atoms with Crippen LogP contribution in [0.15, 0.2) is 41.3 Å². The summed E-state index contributed by atoms with van der Waals surface area (Å²) in [4.78, 5) is 12.5. The van der Waals surface area contributed by atoms with Crippen LogP contribution in [0.3, 0.4) is 0 Å². The van der Waals surface area contributed by atoms with Crippen LogP contribution in [-0.4, -0.2) is 44.9 Å². The number of nitrogens with one attached hydrogen (secondary N) is 1. The molecule has 1 aliphatic rings. The van der Waals surface area contributed by atoms with Crippen molar-refractivity contribution in [1.82, 2.24) is 4.31 Å². The maximum Gasteiger partial charge on any atom is 0.262 e. The van der Waals surface area contributed by atoms with E-state index in [4.69, 9.17) is 9.47 Å². The van der Waals surface area contributed by atoms with E-state index in [-0.39, 0.29) is 23.2 Å². The zero-order chi connectivity index (χ0) is 22.4. The standard InChI is InChI=1S/C23H30N2O5S/c1-4-29-21-11-9-19(15-22(21)31(27,28)25-12-6-5-7-13-25)24-23(26)16-30-20-10-8-17(2)18(3)14-20/h8-11,14-15H,4-7,12-13,16H2,1-3H3,(H,24,26). The van der Waals surface area contributed by atoms with E-state index in [1.54, 1.807) is 19.1 Å². The number of carbonyl (C=O) groups is 1. The van der Waals surface area contributed by atoms with Crippen LogP contribution in [0, 0.1) is 13.8 Å². The molecule has 0 aromatic heterocycles. The van der Waals surface area contributed by atoms with E-state index in [9.17, 15) is 13.2 Å². The fourth-order valence-corrected chi connectivity index (χ4v) is 5.13. The number of ether oxygens (including phenoxy) is 2. The lowest BCUT2D eigenvalue weighted by Crippen LogP contribution is -2.35. The van der Waals surface area contributed by atoms with Gasteiger partial charge in [-0.2, -0.15) is 4.31 Å². The van der Waals surface area contributed by atoms with E-state index >= 15 is 0 Å². The van der Waals surface area contributed by atoms with Gasteiger partial charge in [0, 0.05) is 18.8 Å². The lowest BCUT2D eigenvalue weighted by Gasteiger charge is -2.27. The first-order valence-corrected chi connectivity index (χ1v) is 12.0. The fraction of sp³-hybridized carbons (Fsp3) is 0.435. The molecule has 8 heteroatoms. The zero-order valence-electron chi connectivity index (χ0n) is 18.3. The normalized spacial score (nSPS) is 14.8. The zero-order valence-corrected chi connectivity index (χ0v) is 19.1. The smallest absolute Gasteiger partial charge is 0.262 e. The van der Waals surface area contributed by atoms with Gasteiger partial charge in [0.25, 0.3) is 5.91 Å². The molecule has 3 rings (SSSR count). The van der Waals surface area contributed by atoms with Gasteiger partial charge in [-0.15, -0.1) is 0 Å². The molecular weight excluding hydrogens is 416 g/mol. The first-order chi connectivity index (χ1) is 14.8. The lowest BCUT2D eigenvalue weighted by molar-refractivity contribution is -0.118. The summed E-state index contributed by atoms with van der Waals surface area (Å²) in [6.45, 7) is 6.95. The van der Waals surface area contributed by atoms with Crippen LogP contribution in [0.25, 0.3) is 0 Å². The van der Waals surface area contributed by atoms with Crippen molar-refractivity contribution >= 4 is 21.6 Å². The predicted molar refractivity (Wildman–Crippen MR) is 120 cm³/mol. The molecule has 0 unspecified atom stereocenters. The largest absolute Gasteiger partial charge is 0.492 e. The van der Waals surface area contributed by atoms with Crippen LogP contribution in [0.1, 0.15) is 37.3 Å². The number of rotatable bonds is 8. The number of piperidine rings is 1. The first-order valence-electron chi connectivity index (χ1n) is 10.6. The molecule has 168 valence electrons. The van der Waals surface area contributed by atoms with Crippen LogP contribution < -0.4 is 14.8 Å². The molecule has 1 N–H and O–H groups in total. The van der Waals surface area contributed by atoms with Crippen LogP contribution in [0.2, 0.25) is 0 Å². The highest BCUT2D eigenvalue weighted by Gasteiger charge is 2.29. The second-order valence-electron chi connectivity index (χ2n) is 7.64. The Morgan fingerprint density at radius 2 is 1.74 bits per heavy atom. The molecule has 0 atom stereocenters. The maximum absolute atomic E-state index is 13.2. The molecule has 0 bridgehead atoms. The van der Waals surface area contributed by atoms with Gasteiger partial charge in [0.2, 0.25) is 10.0 Å². The predicted octanol–water partition coefficient (Wildman–Crippen LogP) is 3.89. The van der Waals surface area contributed by atoms with Crippen molar-refractivity contribution in [1.29, 1.82) is 0 Å². The molecule has 1 saturated heterocycles. The third-order valence-corrected chi connectivity index (χ3v) is 7.23. The quantitative estimate of drug-likeness (QED) is 0.665. The molecule has 2 aromatic carbocycles. The second-order valence-corrected chi connectivity index (χ2v) is 9.55. The molecule has 0 radical (unpaired) electrons. The van der Waals surface area contributed by atoms with Gasteiger partial charge in [-0.1, -0.05) is 12.5 Å². The van der Waals surface area contributed by atoms with Gasteiger partial charge in [0.1, 0.15) is 16.4 Å². The number of benzene rings is 2. The number of hydrogen-bond acceptors (Lipinski definition) is 5. The summed E-state index contributed by atoms with van der Waals surface area (Å²) < 4.78 is 39.0. The number of carbonyl (C=O) groups excluding carboxylic acids is 1. The third-order valence-electron chi connectivity index (χ3n) is 5.31.